The van der Waals surface area contributed by atoms with Gasteiger partial charge in [-0.1, -0.05) is 52.4 Å². The number of rotatable bonds is 4. The van der Waals surface area contributed by atoms with E-state index in [4.69, 9.17) is 0 Å². The molecule has 15 heavy (non-hydrogen) atoms. The number of aromatic nitrogens is 1. The van der Waals surface area contributed by atoms with Crippen LogP contribution in [0.4, 0.5) is 0 Å². The van der Waals surface area contributed by atoms with Crippen molar-refractivity contribution in [3.8, 4) is 0 Å². The van der Waals surface area contributed by atoms with Crippen LogP contribution in [0.5, 0.6) is 0 Å². The zero-order valence-corrected chi connectivity index (χ0v) is 10.5. The lowest BCUT2D eigenvalue weighted by Gasteiger charge is -2.33. The molecule has 0 atom stereocenters. The van der Waals surface area contributed by atoms with Crippen LogP contribution in [-0.4, -0.2) is 12.3 Å². The van der Waals surface area contributed by atoms with Crippen molar-refractivity contribution in [3.63, 3.8) is 0 Å². The molecule has 0 aromatic carbocycles. The molecule has 81 valence electrons. The minimum absolute atomic E-state index is 0.0910. The number of pyridine rings is 1. The first-order valence-electron chi connectivity index (χ1n) is 5.65. The van der Waals surface area contributed by atoms with E-state index in [0.717, 1.165) is 6.42 Å². The van der Waals surface area contributed by atoms with Gasteiger partial charge in [0.15, 0.2) is 0 Å². The second kappa shape index (κ2) is 4.38. The van der Waals surface area contributed by atoms with Gasteiger partial charge in [-0.3, -0.25) is 4.98 Å². The summed E-state index contributed by atoms with van der Waals surface area (Å²) in [7, 11) is 2.43. The highest BCUT2D eigenvalue weighted by atomic mass is 14.6. The molecule has 0 aliphatic carbocycles. The van der Waals surface area contributed by atoms with Gasteiger partial charge in [0, 0.05) is 12.4 Å². The van der Waals surface area contributed by atoms with E-state index in [-0.39, 0.29) is 10.6 Å². The predicted molar refractivity (Wildman–Crippen MR) is 67.3 cm³/mol. The molecule has 1 aromatic heterocycles. The zero-order valence-electron chi connectivity index (χ0n) is 10.5. The molecule has 0 unspecified atom stereocenters. The number of hydrogen-bond donors (Lipinski definition) is 0. The second-order valence-corrected chi connectivity index (χ2v) is 5.45. The highest BCUT2D eigenvalue weighted by Gasteiger charge is 2.30. The van der Waals surface area contributed by atoms with E-state index in [0.29, 0.717) is 0 Å². The highest BCUT2D eigenvalue weighted by molar-refractivity contribution is 6.43. The Bertz CT molecular complexity index is 304. The topological polar surface area (TPSA) is 12.9 Å². The maximum atomic E-state index is 4.19. The molecule has 0 aliphatic heterocycles. The molecule has 1 heterocycles. The summed E-state index contributed by atoms with van der Waals surface area (Å²) < 4.78 is 0. The molecular formula is C13H21BN. The Hall–Kier alpha value is -0.785. The Balaban J connectivity index is 2.85. The minimum atomic E-state index is 0.0910. The van der Waals surface area contributed by atoms with Crippen molar-refractivity contribution in [2.45, 2.75) is 51.7 Å². The monoisotopic (exact) mass is 202 g/mol. The van der Waals surface area contributed by atoms with Gasteiger partial charge in [0.2, 0.25) is 0 Å². The van der Waals surface area contributed by atoms with Gasteiger partial charge in [0.05, 0.1) is 0 Å². The van der Waals surface area contributed by atoms with E-state index < -0.39 is 0 Å². The molecule has 0 saturated heterocycles. The van der Waals surface area contributed by atoms with E-state index >= 15 is 0 Å². The fraction of sp³-hybridized carbons (Fsp3) is 0.615. The van der Waals surface area contributed by atoms with Crippen LogP contribution in [0, 0.1) is 0 Å². The summed E-state index contributed by atoms with van der Waals surface area (Å²) in [6.45, 7) is 11.3. The summed E-state index contributed by atoms with van der Waals surface area (Å²) in [5, 5.41) is 0.368. The fourth-order valence-electron chi connectivity index (χ4n) is 1.91. The fourth-order valence-corrected chi connectivity index (χ4v) is 1.91. The van der Waals surface area contributed by atoms with E-state index in [1.54, 1.807) is 0 Å². The normalized spacial score (nSPS) is 12.6. The third-order valence-electron chi connectivity index (χ3n) is 3.07. The van der Waals surface area contributed by atoms with Crippen LogP contribution in [0.15, 0.2) is 24.5 Å². The van der Waals surface area contributed by atoms with Crippen LogP contribution in [0.25, 0.3) is 0 Å². The van der Waals surface area contributed by atoms with E-state index in [2.05, 4.69) is 52.9 Å². The largest absolute Gasteiger partial charge is 0.264 e. The third-order valence-corrected chi connectivity index (χ3v) is 3.07. The Labute approximate surface area is 94.6 Å². The lowest BCUT2D eigenvalue weighted by molar-refractivity contribution is 0.601. The van der Waals surface area contributed by atoms with E-state index in [1.165, 1.54) is 5.56 Å². The van der Waals surface area contributed by atoms with Crippen molar-refractivity contribution in [1.82, 2.24) is 4.98 Å². The van der Waals surface area contributed by atoms with Gasteiger partial charge in [0.1, 0.15) is 7.28 Å². The van der Waals surface area contributed by atoms with Crippen LogP contribution in [-0.2, 0) is 5.31 Å². The van der Waals surface area contributed by atoms with Crippen LogP contribution in [0.1, 0.15) is 46.6 Å². The van der Waals surface area contributed by atoms with Crippen LogP contribution < -0.4 is 0 Å². The second-order valence-electron chi connectivity index (χ2n) is 5.45. The summed E-state index contributed by atoms with van der Waals surface area (Å²) >= 11 is 0. The van der Waals surface area contributed by atoms with Gasteiger partial charge in [-0.2, -0.15) is 0 Å². The van der Waals surface area contributed by atoms with E-state index in [9.17, 15) is 0 Å². The van der Waals surface area contributed by atoms with Gasteiger partial charge in [-0.15, -0.1) is 0 Å². The van der Waals surface area contributed by atoms with Gasteiger partial charge in [0.25, 0.3) is 0 Å². The Morgan fingerprint density at radius 2 is 1.93 bits per heavy atom. The molecule has 1 rings (SSSR count). The van der Waals surface area contributed by atoms with Gasteiger partial charge in [-0.25, -0.2) is 0 Å². The maximum absolute atomic E-state index is 4.19. The zero-order chi connectivity index (χ0) is 11.5. The molecule has 0 fully saturated rings. The average Bonchev–Trinajstić information content (AvgIpc) is 2.18. The van der Waals surface area contributed by atoms with Crippen LogP contribution in [0.3, 0.4) is 0 Å². The first kappa shape index (κ1) is 12.3. The van der Waals surface area contributed by atoms with Crippen LogP contribution >= 0.6 is 0 Å². The lowest BCUT2D eigenvalue weighted by atomic mass is 9.39. The summed E-state index contributed by atoms with van der Waals surface area (Å²) in [4.78, 5) is 4.19. The number of hydrogen-bond acceptors (Lipinski definition) is 1. The molecule has 0 bridgehead atoms. The average molecular weight is 202 g/mol. The van der Waals surface area contributed by atoms with Crippen molar-refractivity contribution in [2.24, 2.45) is 0 Å². The molecule has 0 aliphatic rings. The minimum Gasteiger partial charge on any atom is -0.264 e. The molecule has 1 radical (unpaired) electrons. The van der Waals surface area contributed by atoms with Gasteiger partial charge >= 0.3 is 0 Å². The molecule has 2 heteroatoms. The Morgan fingerprint density at radius 3 is 2.40 bits per heavy atom. The van der Waals surface area contributed by atoms with Crippen molar-refractivity contribution in [1.29, 1.82) is 0 Å². The summed E-state index contributed by atoms with van der Waals surface area (Å²) in [5.74, 6) is 0. The summed E-state index contributed by atoms with van der Waals surface area (Å²) in [5.41, 5.74) is 1.28. The highest BCUT2D eigenvalue weighted by Crippen LogP contribution is 2.35. The Kier molecular flexibility index (Phi) is 3.59. The van der Waals surface area contributed by atoms with Crippen molar-refractivity contribution in [3.05, 3.63) is 30.1 Å². The molecule has 0 amide bonds. The molecule has 0 N–H and O–H groups in total. The van der Waals surface area contributed by atoms with E-state index in [1.807, 2.05) is 18.5 Å². The molecular weight excluding hydrogens is 181 g/mol. The summed E-state index contributed by atoms with van der Waals surface area (Å²) in [6, 6.07) is 4.15. The van der Waals surface area contributed by atoms with Gasteiger partial charge < -0.3 is 0 Å². The predicted octanol–water partition coefficient (Wildman–Crippen LogP) is 3.63. The summed E-state index contributed by atoms with van der Waals surface area (Å²) in [6.07, 6.45) is 4.95. The third kappa shape index (κ3) is 3.37. The lowest BCUT2D eigenvalue weighted by Crippen LogP contribution is -2.33. The molecule has 0 saturated carbocycles. The van der Waals surface area contributed by atoms with Crippen LogP contribution in [0.2, 0.25) is 5.31 Å². The standard InChI is InChI=1S/C13H21BN/c1-6-12(2,3)14-13(4,5)11-8-7-9-15-10-11/h7-10H,6H2,1-5H3. The SMILES string of the molecule is CCC(C)(C)[B]C(C)(C)c1cccnc1. The molecule has 1 aromatic rings. The first-order chi connectivity index (χ1) is 6.87. The molecule has 1 nitrogen and oxygen atoms in total. The Morgan fingerprint density at radius 1 is 1.27 bits per heavy atom. The van der Waals surface area contributed by atoms with Crippen molar-refractivity contribution < 1.29 is 0 Å². The quantitative estimate of drug-likeness (QED) is 0.679. The van der Waals surface area contributed by atoms with Crippen molar-refractivity contribution in [2.75, 3.05) is 0 Å². The van der Waals surface area contributed by atoms with Gasteiger partial charge in [-0.05, 0) is 16.9 Å². The number of nitrogens with zero attached hydrogens (tertiary/aromatic N) is 1. The first-order valence-corrected chi connectivity index (χ1v) is 5.65. The molecule has 0 spiro atoms. The maximum Gasteiger partial charge on any atom is 0.130 e. The smallest absolute Gasteiger partial charge is 0.130 e. The van der Waals surface area contributed by atoms with Crippen molar-refractivity contribution >= 4 is 7.28 Å².